The molecule has 4 N–H and O–H groups in total. The average molecular weight is 636 g/mol. The lowest BCUT2D eigenvalue weighted by molar-refractivity contribution is -0.144. The van der Waals surface area contributed by atoms with E-state index in [0.717, 1.165) is 38.0 Å². The number of hydrogen-bond acceptors (Lipinski definition) is 7. The summed E-state index contributed by atoms with van der Waals surface area (Å²) in [4.78, 5) is 56.7. The highest BCUT2D eigenvalue weighted by atomic mass is 16.5. The lowest BCUT2D eigenvalue weighted by Gasteiger charge is -2.42. The minimum atomic E-state index is -1.29. The number of nitrogens with one attached hydrogen (secondary N) is 3. The fourth-order valence-electron chi connectivity index (χ4n) is 6.15. The van der Waals surface area contributed by atoms with E-state index in [4.69, 9.17) is 4.74 Å². The van der Waals surface area contributed by atoms with Crippen LogP contribution in [-0.4, -0.2) is 96.1 Å². The molecular weight excluding hydrogens is 586 g/mol. The fraction of sp³-hybridized carbons (Fsp3) is 0.543. The molecule has 2 heterocycles. The normalized spacial score (nSPS) is 24.6. The summed E-state index contributed by atoms with van der Waals surface area (Å²) >= 11 is 0. The van der Waals surface area contributed by atoms with Gasteiger partial charge in [0.15, 0.2) is 6.61 Å². The van der Waals surface area contributed by atoms with Crippen molar-refractivity contribution in [3.05, 3.63) is 65.7 Å². The monoisotopic (exact) mass is 635 g/mol. The molecule has 2 bridgehead atoms. The van der Waals surface area contributed by atoms with Gasteiger partial charge in [0.25, 0.3) is 5.91 Å². The lowest BCUT2D eigenvalue weighted by Crippen LogP contribution is -2.59. The van der Waals surface area contributed by atoms with Crippen molar-refractivity contribution in [2.45, 2.75) is 77.7 Å². The zero-order valence-electron chi connectivity index (χ0n) is 27.6. The Balaban J connectivity index is 1.61. The SMILES string of the molecule is CC(C)[C@H]1NC(=O)[C@H](C)N(C)C(=O)[C@H]([C@@H](C)O)NC(=O)COc2cccc(c2)CC2(CCN(Cc3ccccc3)CC2)CNC1=O. The predicted molar refractivity (Wildman–Crippen MR) is 175 cm³/mol. The van der Waals surface area contributed by atoms with Gasteiger partial charge in [0.05, 0.1) is 6.10 Å². The molecule has 2 aromatic rings. The van der Waals surface area contributed by atoms with Gasteiger partial charge in [-0.05, 0) is 80.8 Å². The number of nitrogens with zero attached hydrogens (tertiary/aromatic N) is 2. The summed E-state index contributed by atoms with van der Waals surface area (Å²) < 4.78 is 5.81. The van der Waals surface area contributed by atoms with Crippen LogP contribution >= 0.6 is 0 Å². The molecule has 1 saturated heterocycles. The lowest BCUT2D eigenvalue weighted by atomic mass is 9.73. The number of aliphatic hydroxyl groups is 1. The van der Waals surface area contributed by atoms with E-state index in [2.05, 4.69) is 33.0 Å². The van der Waals surface area contributed by atoms with Crippen LogP contribution in [0, 0.1) is 11.3 Å². The first-order chi connectivity index (χ1) is 21.9. The van der Waals surface area contributed by atoms with Crippen molar-refractivity contribution in [1.82, 2.24) is 25.8 Å². The second kappa shape index (κ2) is 15.6. The number of carbonyl (C=O) groups is 4. The molecule has 2 aliphatic heterocycles. The topological polar surface area (TPSA) is 140 Å². The number of piperidine rings is 1. The number of amides is 4. The number of hydrogen-bond donors (Lipinski definition) is 4. The highest BCUT2D eigenvalue weighted by Gasteiger charge is 2.38. The Morgan fingerprint density at radius 2 is 1.63 bits per heavy atom. The average Bonchev–Trinajstić information content (AvgIpc) is 3.04. The van der Waals surface area contributed by atoms with Crippen LogP contribution in [0.4, 0.5) is 0 Å². The van der Waals surface area contributed by atoms with Gasteiger partial charge in [-0.1, -0.05) is 56.3 Å². The van der Waals surface area contributed by atoms with Gasteiger partial charge in [0, 0.05) is 20.1 Å². The molecule has 250 valence electrons. The van der Waals surface area contributed by atoms with Gasteiger partial charge in [0.2, 0.25) is 17.7 Å². The third kappa shape index (κ3) is 9.07. The summed E-state index contributed by atoms with van der Waals surface area (Å²) in [6.45, 7) is 9.34. The second-order valence-electron chi connectivity index (χ2n) is 13.2. The maximum absolute atomic E-state index is 13.7. The molecule has 1 spiro atoms. The van der Waals surface area contributed by atoms with Crippen LogP contribution in [0.1, 0.15) is 51.7 Å². The zero-order valence-corrected chi connectivity index (χ0v) is 27.6. The van der Waals surface area contributed by atoms with Gasteiger partial charge in [0.1, 0.15) is 23.9 Å². The second-order valence-corrected chi connectivity index (χ2v) is 13.2. The fourth-order valence-corrected chi connectivity index (χ4v) is 6.15. The number of fused-ring (bicyclic) bond motifs is 2. The van der Waals surface area contributed by atoms with Crippen LogP contribution < -0.4 is 20.7 Å². The van der Waals surface area contributed by atoms with E-state index in [9.17, 15) is 24.3 Å². The summed E-state index contributed by atoms with van der Waals surface area (Å²) in [6, 6.07) is 14.9. The highest BCUT2D eigenvalue weighted by molar-refractivity contribution is 5.94. The smallest absolute Gasteiger partial charge is 0.258 e. The first-order valence-electron chi connectivity index (χ1n) is 16.2. The summed E-state index contributed by atoms with van der Waals surface area (Å²) in [6.07, 6.45) is 1.18. The van der Waals surface area contributed by atoms with Gasteiger partial charge in [-0.3, -0.25) is 24.1 Å². The number of aliphatic hydroxyl groups excluding tert-OH is 1. The summed E-state index contributed by atoms with van der Waals surface area (Å²) in [5, 5.41) is 18.9. The molecule has 0 aromatic heterocycles. The van der Waals surface area contributed by atoms with E-state index in [1.54, 1.807) is 13.0 Å². The molecule has 4 amide bonds. The zero-order chi connectivity index (χ0) is 33.4. The van der Waals surface area contributed by atoms with Crippen LogP contribution in [0.2, 0.25) is 0 Å². The van der Waals surface area contributed by atoms with Gasteiger partial charge in [-0.15, -0.1) is 0 Å². The number of rotatable bonds is 4. The minimum absolute atomic E-state index is 0.215. The van der Waals surface area contributed by atoms with Crippen molar-refractivity contribution in [1.29, 1.82) is 0 Å². The van der Waals surface area contributed by atoms with E-state index < -0.39 is 42.0 Å². The summed E-state index contributed by atoms with van der Waals surface area (Å²) in [5.74, 6) is -1.72. The van der Waals surface area contributed by atoms with E-state index in [0.29, 0.717) is 18.7 Å². The molecule has 46 heavy (non-hydrogen) atoms. The summed E-state index contributed by atoms with van der Waals surface area (Å²) in [7, 11) is 1.43. The Hall–Kier alpha value is -3.96. The molecule has 11 heteroatoms. The first-order valence-corrected chi connectivity index (χ1v) is 16.2. The Kier molecular flexibility index (Phi) is 11.8. The molecule has 0 unspecified atom stereocenters. The van der Waals surface area contributed by atoms with E-state index in [1.807, 2.05) is 50.2 Å². The van der Waals surface area contributed by atoms with Gasteiger partial charge < -0.3 is 30.7 Å². The van der Waals surface area contributed by atoms with Crippen molar-refractivity contribution >= 4 is 23.6 Å². The molecule has 0 aliphatic carbocycles. The number of benzene rings is 2. The van der Waals surface area contributed by atoms with Crippen LogP contribution in [0.3, 0.4) is 0 Å². The predicted octanol–water partition coefficient (Wildman–Crippen LogP) is 1.87. The van der Waals surface area contributed by atoms with Crippen molar-refractivity contribution in [2.75, 3.05) is 33.3 Å². The molecular formula is C35H49N5O6. The molecule has 4 rings (SSSR count). The highest BCUT2D eigenvalue weighted by Crippen LogP contribution is 2.36. The van der Waals surface area contributed by atoms with Gasteiger partial charge in [-0.2, -0.15) is 0 Å². The van der Waals surface area contributed by atoms with E-state index in [-0.39, 0.29) is 23.8 Å². The molecule has 0 saturated carbocycles. The van der Waals surface area contributed by atoms with Gasteiger partial charge >= 0.3 is 0 Å². The molecule has 11 nitrogen and oxygen atoms in total. The van der Waals surface area contributed by atoms with Crippen LogP contribution in [0.15, 0.2) is 54.6 Å². The first kappa shape index (κ1) is 34.9. The Labute approximate surface area is 272 Å². The molecule has 2 aromatic carbocycles. The molecule has 4 atom stereocenters. The maximum atomic E-state index is 13.7. The van der Waals surface area contributed by atoms with Crippen molar-refractivity contribution in [3.63, 3.8) is 0 Å². The van der Waals surface area contributed by atoms with Crippen LogP contribution in [-0.2, 0) is 32.1 Å². The quantitative estimate of drug-likeness (QED) is 0.402. The van der Waals surface area contributed by atoms with Crippen molar-refractivity contribution in [3.8, 4) is 5.75 Å². The standard InChI is InChI=1S/C35H49N5O6/c1-23(2)30-33(44)36-22-35(14-16-40(17-15-35)20-26-10-7-6-8-11-26)19-27-12-9-13-28(18-27)46-21-29(42)37-31(25(4)41)34(45)39(5)24(3)32(43)38-30/h6-13,18,23-25,30-31,41H,14-17,19-22H2,1-5H3,(H,36,44)(H,37,42)(H,38,43)/t24-,25+,30+,31-/m0/s1. The molecule has 2 aliphatic rings. The van der Waals surface area contributed by atoms with Gasteiger partial charge in [-0.25, -0.2) is 0 Å². The number of ether oxygens (including phenoxy) is 1. The van der Waals surface area contributed by atoms with Crippen molar-refractivity contribution in [2.24, 2.45) is 11.3 Å². The number of carbonyl (C=O) groups excluding carboxylic acids is 4. The minimum Gasteiger partial charge on any atom is -0.484 e. The Bertz CT molecular complexity index is 1360. The molecule has 1 fully saturated rings. The maximum Gasteiger partial charge on any atom is 0.258 e. The largest absolute Gasteiger partial charge is 0.484 e. The Morgan fingerprint density at radius 1 is 0.935 bits per heavy atom. The van der Waals surface area contributed by atoms with E-state index in [1.165, 1.54) is 24.4 Å². The third-order valence-electron chi connectivity index (χ3n) is 9.27. The van der Waals surface area contributed by atoms with E-state index >= 15 is 0 Å². The number of likely N-dealkylation sites (tertiary alicyclic amines) is 1. The van der Waals surface area contributed by atoms with Crippen LogP contribution in [0.5, 0.6) is 5.75 Å². The molecule has 0 radical (unpaired) electrons. The number of likely N-dealkylation sites (N-methyl/N-ethyl adjacent to an activating group) is 1. The summed E-state index contributed by atoms with van der Waals surface area (Å²) in [5.41, 5.74) is 2.04. The van der Waals surface area contributed by atoms with Crippen molar-refractivity contribution < 1.29 is 29.0 Å². The third-order valence-corrected chi connectivity index (χ3v) is 9.27. The Morgan fingerprint density at radius 3 is 2.28 bits per heavy atom. The van der Waals surface area contributed by atoms with Crippen LogP contribution in [0.25, 0.3) is 0 Å².